The number of hydrogen-bond acceptors (Lipinski definition) is 5. The van der Waals surface area contributed by atoms with Gasteiger partial charge in [-0.2, -0.15) is 10.1 Å². The number of anilines is 2. The summed E-state index contributed by atoms with van der Waals surface area (Å²) in [6, 6.07) is 13.4. The van der Waals surface area contributed by atoms with Gasteiger partial charge in [0.05, 0.1) is 5.69 Å². The number of rotatable bonds is 4. The predicted molar refractivity (Wildman–Crippen MR) is 108 cm³/mol. The van der Waals surface area contributed by atoms with E-state index < -0.39 is 0 Å². The minimum Gasteiger partial charge on any atom is -0.324 e. The lowest BCUT2D eigenvalue weighted by Crippen LogP contribution is -2.23. The van der Waals surface area contributed by atoms with Crippen LogP contribution >= 0.6 is 0 Å². The highest BCUT2D eigenvalue weighted by molar-refractivity contribution is 5.75. The third-order valence-electron chi connectivity index (χ3n) is 5.25. The zero-order valence-corrected chi connectivity index (χ0v) is 15.3. The zero-order chi connectivity index (χ0) is 18.9. The first-order chi connectivity index (χ1) is 13.8. The average Bonchev–Trinajstić information content (AvgIpc) is 3.43. The van der Waals surface area contributed by atoms with Crippen LogP contribution in [0.15, 0.2) is 65.8 Å². The van der Waals surface area contributed by atoms with Crippen LogP contribution in [-0.4, -0.2) is 24.3 Å². The Balaban J connectivity index is 1.48. The van der Waals surface area contributed by atoms with E-state index in [9.17, 15) is 4.79 Å². The molecule has 7 heteroatoms. The van der Waals surface area contributed by atoms with Crippen LogP contribution in [0.4, 0.5) is 11.6 Å². The molecule has 140 valence electrons. The van der Waals surface area contributed by atoms with Gasteiger partial charge in [0, 0.05) is 41.8 Å². The van der Waals surface area contributed by atoms with E-state index in [4.69, 9.17) is 0 Å². The lowest BCUT2D eigenvalue weighted by molar-refractivity contribution is 0.516. The highest BCUT2D eigenvalue weighted by atomic mass is 16.1. The summed E-state index contributed by atoms with van der Waals surface area (Å²) in [6.07, 6.45) is 9.80. The molecule has 0 spiro atoms. The number of benzene rings is 1. The van der Waals surface area contributed by atoms with Gasteiger partial charge in [-0.05, 0) is 49.2 Å². The van der Waals surface area contributed by atoms with E-state index in [1.54, 1.807) is 29.2 Å². The Labute approximate surface area is 161 Å². The molecular weight excluding hydrogens is 352 g/mol. The third kappa shape index (κ3) is 3.05. The monoisotopic (exact) mass is 372 g/mol. The fourth-order valence-electron chi connectivity index (χ4n) is 3.86. The molecule has 1 fully saturated rings. The Morgan fingerprint density at radius 2 is 1.86 bits per heavy atom. The van der Waals surface area contributed by atoms with E-state index in [2.05, 4.69) is 20.4 Å². The molecule has 1 aliphatic carbocycles. The molecule has 1 N–H and O–H groups in total. The van der Waals surface area contributed by atoms with Crippen LogP contribution in [0.25, 0.3) is 16.7 Å². The van der Waals surface area contributed by atoms with Crippen molar-refractivity contribution in [3.8, 4) is 5.69 Å². The van der Waals surface area contributed by atoms with Crippen LogP contribution in [0.5, 0.6) is 0 Å². The molecule has 0 bridgehead atoms. The van der Waals surface area contributed by atoms with Gasteiger partial charge in [0.15, 0.2) is 0 Å². The molecule has 7 nitrogen and oxygen atoms in total. The Kier molecular flexibility index (Phi) is 4.12. The fraction of sp³-hybridized carbons (Fsp3) is 0.238. The molecule has 5 rings (SSSR count). The number of pyridine rings is 1. The lowest BCUT2D eigenvalue weighted by Gasteiger charge is -2.16. The standard InChI is InChI=1S/C21H20N6O/c28-19-11-6-15-14-22-21(25-20(15)27(19)18-4-1-2-5-18)24-16-7-9-17(10-8-16)26-13-3-12-23-26/h3,6-14,18H,1-2,4-5H2,(H,22,24,25). The van der Waals surface area contributed by atoms with E-state index in [-0.39, 0.29) is 11.6 Å². The SMILES string of the molecule is O=c1ccc2cnc(Nc3ccc(-n4cccn4)cc3)nc2n1C1CCCC1. The fourth-order valence-corrected chi connectivity index (χ4v) is 3.86. The molecule has 4 aromatic rings. The first-order valence-corrected chi connectivity index (χ1v) is 9.53. The third-order valence-corrected chi connectivity index (χ3v) is 5.25. The van der Waals surface area contributed by atoms with Crippen LogP contribution in [-0.2, 0) is 0 Å². The van der Waals surface area contributed by atoms with Crippen molar-refractivity contribution < 1.29 is 0 Å². The summed E-state index contributed by atoms with van der Waals surface area (Å²) in [5.41, 5.74) is 2.56. The second-order valence-electron chi connectivity index (χ2n) is 7.07. The average molecular weight is 372 g/mol. The number of nitrogens with zero attached hydrogens (tertiary/aromatic N) is 5. The van der Waals surface area contributed by atoms with Crippen molar-refractivity contribution in [3.05, 3.63) is 71.4 Å². The minimum absolute atomic E-state index is 0.00706. The summed E-state index contributed by atoms with van der Waals surface area (Å²) in [4.78, 5) is 21.6. The van der Waals surface area contributed by atoms with Crippen molar-refractivity contribution in [2.75, 3.05) is 5.32 Å². The van der Waals surface area contributed by atoms with Crippen molar-refractivity contribution in [2.45, 2.75) is 31.7 Å². The summed E-state index contributed by atoms with van der Waals surface area (Å²) >= 11 is 0. The Morgan fingerprint density at radius 3 is 2.61 bits per heavy atom. The van der Waals surface area contributed by atoms with Gasteiger partial charge in [-0.1, -0.05) is 12.8 Å². The molecule has 0 aliphatic heterocycles. The van der Waals surface area contributed by atoms with Crippen LogP contribution in [0.2, 0.25) is 0 Å². The summed E-state index contributed by atoms with van der Waals surface area (Å²) in [6.45, 7) is 0. The minimum atomic E-state index is 0.00706. The predicted octanol–water partition coefficient (Wildman–Crippen LogP) is 3.84. The van der Waals surface area contributed by atoms with Gasteiger partial charge in [0.25, 0.3) is 5.56 Å². The molecule has 1 saturated carbocycles. The van der Waals surface area contributed by atoms with Crippen molar-refractivity contribution >= 4 is 22.7 Å². The van der Waals surface area contributed by atoms with E-state index in [1.807, 2.05) is 41.1 Å². The summed E-state index contributed by atoms with van der Waals surface area (Å²) in [5.74, 6) is 0.483. The number of nitrogens with one attached hydrogen (secondary N) is 1. The van der Waals surface area contributed by atoms with Gasteiger partial charge in [-0.15, -0.1) is 0 Å². The highest BCUT2D eigenvalue weighted by Gasteiger charge is 2.20. The maximum absolute atomic E-state index is 12.5. The molecule has 1 aliphatic rings. The summed E-state index contributed by atoms with van der Waals surface area (Å²) in [5, 5.41) is 8.35. The van der Waals surface area contributed by atoms with E-state index in [1.165, 1.54) is 0 Å². The smallest absolute Gasteiger partial charge is 0.252 e. The second kappa shape index (κ2) is 6.92. The molecule has 28 heavy (non-hydrogen) atoms. The molecule has 3 heterocycles. The maximum atomic E-state index is 12.5. The Morgan fingerprint density at radius 1 is 1.04 bits per heavy atom. The van der Waals surface area contributed by atoms with Crippen molar-refractivity contribution in [2.24, 2.45) is 0 Å². The Hall–Kier alpha value is -3.48. The maximum Gasteiger partial charge on any atom is 0.252 e. The van der Waals surface area contributed by atoms with E-state index >= 15 is 0 Å². The summed E-state index contributed by atoms with van der Waals surface area (Å²) in [7, 11) is 0. The molecule has 0 radical (unpaired) electrons. The van der Waals surface area contributed by atoms with E-state index in [0.29, 0.717) is 11.6 Å². The number of aromatic nitrogens is 5. The summed E-state index contributed by atoms with van der Waals surface area (Å²) < 4.78 is 3.65. The molecule has 3 aromatic heterocycles. The molecule has 0 unspecified atom stereocenters. The quantitative estimate of drug-likeness (QED) is 0.589. The van der Waals surface area contributed by atoms with Crippen LogP contribution in [0.1, 0.15) is 31.7 Å². The van der Waals surface area contributed by atoms with Crippen molar-refractivity contribution in [3.63, 3.8) is 0 Å². The van der Waals surface area contributed by atoms with Gasteiger partial charge >= 0.3 is 0 Å². The molecule has 1 aromatic carbocycles. The van der Waals surface area contributed by atoms with Gasteiger partial charge in [0.2, 0.25) is 5.95 Å². The first kappa shape index (κ1) is 16.7. The van der Waals surface area contributed by atoms with Gasteiger partial charge < -0.3 is 5.32 Å². The second-order valence-corrected chi connectivity index (χ2v) is 7.07. The van der Waals surface area contributed by atoms with Crippen molar-refractivity contribution in [1.82, 2.24) is 24.3 Å². The normalized spacial score (nSPS) is 14.6. The molecular formula is C21H20N6O. The Bertz CT molecular complexity index is 1160. The number of fused-ring (bicyclic) bond motifs is 1. The van der Waals surface area contributed by atoms with Gasteiger partial charge in [-0.3, -0.25) is 9.36 Å². The molecule has 0 atom stereocenters. The number of hydrogen-bond donors (Lipinski definition) is 1. The lowest BCUT2D eigenvalue weighted by atomic mass is 10.2. The largest absolute Gasteiger partial charge is 0.324 e. The molecule has 0 saturated heterocycles. The van der Waals surface area contributed by atoms with E-state index in [0.717, 1.165) is 42.4 Å². The van der Waals surface area contributed by atoms with Crippen LogP contribution in [0, 0.1) is 0 Å². The van der Waals surface area contributed by atoms with Crippen LogP contribution in [0.3, 0.4) is 0 Å². The van der Waals surface area contributed by atoms with Gasteiger partial charge in [-0.25, -0.2) is 9.67 Å². The van der Waals surface area contributed by atoms with Crippen molar-refractivity contribution in [1.29, 1.82) is 0 Å². The topological polar surface area (TPSA) is 77.6 Å². The molecule has 0 amide bonds. The van der Waals surface area contributed by atoms with Crippen LogP contribution < -0.4 is 10.9 Å². The van der Waals surface area contributed by atoms with Gasteiger partial charge in [0.1, 0.15) is 5.65 Å². The zero-order valence-electron chi connectivity index (χ0n) is 15.3. The first-order valence-electron chi connectivity index (χ1n) is 9.53. The highest BCUT2D eigenvalue weighted by Crippen LogP contribution is 2.30.